The van der Waals surface area contributed by atoms with E-state index in [1.54, 1.807) is 12.1 Å². The van der Waals surface area contributed by atoms with Crippen LogP contribution < -0.4 is 10.1 Å². The summed E-state index contributed by atoms with van der Waals surface area (Å²) < 4.78 is 33.2. The van der Waals surface area contributed by atoms with Gasteiger partial charge in [-0.1, -0.05) is 26.0 Å². The molecule has 0 aromatic heterocycles. The molecule has 1 aliphatic heterocycles. The fourth-order valence-electron chi connectivity index (χ4n) is 2.60. The molecular weight excluding hydrogens is 358 g/mol. The summed E-state index contributed by atoms with van der Waals surface area (Å²) in [6.07, 6.45) is -0.637. The van der Waals surface area contributed by atoms with Crippen LogP contribution in [0.15, 0.2) is 24.3 Å². The molecule has 1 aromatic rings. The number of esters is 1. The minimum Gasteiger partial charge on any atom is -0.482 e. The van der Waals surface area contributed by atoms with Gasteiger partial charge in [-0.3, -0.25) is 4.79 Å². The Morgan fingerprint density at radius 3 is 2.38 bits per heavy atom. The minimum atomic E-state index is -3.08. The summed E-state index contributed by atoms with van der Waals surface area (Å²) in [5.74, 6) is -0.242. The average Bonchev–Trinajstić information content (AvgIpc) is 2.91. The first-order valence-electron chi connectivity index (χ1n) is 8.59. The fourth-order valence-corrected chi connectivity index (χ4v) is 4.28. The van der Waals surface area contributed by atoms with Gasteiger partial charge in [0.2, 0.25) is 0 Å². The molecule has 1 saturated heterocycles. The topological polar surface area (TPSA) is 98.8 Å². The number of hydrogen-bond acceptors (Lipinski definition) is 6. The summed E-state index contributed by atoms with van der Waals surface area (Å²) in [5.41, 5.74) is 1.17. The summed E-state index contributed by atoms with van der Waals surface area (Å²) in [5, 5.41) is 2.59. The Kier molecular flexibility index (Phi) is 6.63. The predicted molar refractivity (Wildman–Crippen MR) is 96.8 cm³/mol. The molecular formula is C18H25NO6S. The zero-order chi connectivity index (χ0) is 19.3. The van der Waals surface area contributed by atoms with E-state index in [-0.39, 0.29) is 18.1 Å². The third-order valence-corrected chi connectivity index (χ3v) is 5.93. The summed E-state index contributed by atoms with van der Waals surface area (Å²) in [6, 6.07) is 6.98. The van der Waals surface area contributed by atoms with Crippen LogP contribution in [0.3, 0.4) is 0 Å². The van der Waals surface area contributed by atoms with E-state index in [0.717, 1.165) is 0 Å². The van der Waals surface area contributed by atoms with Crippen LogP contribution in [-0.4, -0.2) is 50.6 Å². The zero-order valence-electron chi connectivity index (χ0n) is 15.2. The van der Waals surface area contributed by atoms with E-state index < -0.39 is 33.9 Å². The van der Waals surface area contributed by atoms with Gasteiger partial charge in [0.1, 0.15) is 5.75 Å². The summed E-state index contributed by atoms with van der Waals surface area (Å²) in [7, 11) is -3.08. The highest BCUT2D eigenvalue weighted by molar-refractivity contribution is 7.91. The van der Waals surface area contributed by atoms with Gasteiger partial charge < -0.3 is 14.8 Å². The molecule has 0 unspecified atom stereocenters. The molecule has 7 nitrogen and oxygen atoms in total. The molecule has 0 saturated carbocycles. The lowest BCUT2D eigenvalue weighted by atomic mass is 10.0. The van der Waals surface area contributed by atoms with Crippen LogP contribution in [-0.2, 0) is 24.2 Å². The number of carbonyl (C=O) groups is 2. The first-order valence-corrected chi connectivity index (χ1v) is 10.4. The maximum atomic E-state index is 12.0. The number of nitrogens with one attached hydrogen (secondary N) is 1. The van der Waals surface area contributed by atoms with Crippen molar-refractivity contribution in [1.82, 2.24) is 5.32 Å². The van der Waals surface area contributed by atoms with Crippen LogP contribution in [0.2, 0.25) is 0 Å². The second kappa shape index (κ2) is 8.53. The molecule has 26 heavy (non-hydrogen) atoms. The Morgan fingerprint density at radius 1 is 1.19 bits per heavy atom. The van der Waals surface area contributed by atoms with E-state index >= 15 is 0 Å². The van der Waals surface area contributed by atoms with Gasteiger partial charge in [0.25, 0.3) is 5.91 Å². The average molecular weight is 383 g/mol. The number of sulfone groups is 1. The lowest BCUT2D eigenvalue weighted by Crippen LogP contribution is -2.43. The van der Waals surface area contributed by atoms with E-state index in [9.17, 15) is 18.0 Å². The molecule has 1 aromatic carbocycles. The Labute approximate surface area is 154 Å². The number of ether oxygens (including phenoxy) is 2. The van der Waals surface area contributed by atoms with Gasteiger partial charge >= 0.3 is 5.97 Å². The van der Waals surface area contributed by atoms with E-state index in [1.807, 2.05) is 12.1 Å². The van der Waals surface area contributed by atoms with Gasteiger partial charge in [0, 0.05) is 6.04 Å². The van der Waals surface area contributed by atoms with Gasteiger partial charge in [-0.2, -0.15) is 0 Å². The third kappa shape index (κ3) is 6.01. The highest BCUT2D eigenvalue weighted by atomic mass is 32.2. The highest BCUT2D eigenvalue weighted by Crippen LogP contribution is 2.18. The molecule has 1 N–H and O–H groups in total. The second-order valence-electron chi connectivity index (χ2n) is 6.75. The molecule has 0 spiro atoms. The first kappa shape index (κ1) is 20.2. The van der Waals surface area contributed by atoms with Crippen LogP contribution in [0.5, 0.6) is 5.75 Å². The van der Waals surface area contributed by atoms with E-state index in [0.29, 0.717) is 18.1 Å². The minimum absolute atomic E-state index is 0.0650. The predicted octanol–water partition coefficient (Wildman–Crippen LogP) is 1.42. The van der Waals surface area contributed by atoms with Crippen LogP contribution in [0, 0.1) is 0 Å². The summed E-state index contributed by atoms with van der Waals surface area (Å²) in [4.78, 5) is 23.8. The van der Waals surface area contributed by atoms with Crippen molar-refractivity contribution in [2.24, 2.45) is 0 Å². The number of benzene rings is 1. The Bertz CT molecular complexity index is 741. The van der Waals surface area contributed by atoms with Crippen molar-refractivity contribution in [1.29, 1.82) is 0 Å². The molecule has 1 amide bonds. The first-order chi connectivity index (χ1) is 12.2. The molecule has 2 rings (SSSR count). The van der Waals surface area contributed by atoms with Crippen molar-refractivity contribution in [2.45, 2.75) is 45.3 Å². The van der Waals surface area contributed by atoms with Gasteiger partial charge in [-0.05, 0) is 37.0 Å². The van der Waals surface area contributed by atoms with E-state index in [2.05, 4.69) is 19.2 Å². The second-order valence-corrected chi connectivity index (χ2v) is 8.98. The third-order valence-electron chi connectivity index (χ3n) is 4.16. The molecule has 1 fully saturated rings. The van der Waals surface area contributed by atoms with Crippen molar-refractivity contribution in [2.75, 3.05) is 18.1 Å². The molecule has 144 valence electrons. The molecule has 0 aliphatic carbocycles. The number of hydrogen-bond donors (Lipinski definition) is 1. The van der Waals surface area contributed by atoms with Gasteiger partial charge in [0.15, 0.2) is 22.5 Å². The number of carbonyl (C=O) groups excluding carboxylic acids is 2. The quantitative estimate of drug-likeness (QED) is 0.715. The van der Waals surface area contributed by atoms with Crippen LogP contribution in [0.4, 0.5) is 0 Å². The number of rotatable bonds is 7. The smallest absolute Gasteiger partial charge is 0.344 e. The van der Waals surface area contributed by atoms with Gasteiger partial charge in [-0.15, -0.1) is 0 Å². The highest BCUT2D eigenvalue weighted by Gasteiger charge is 2.30. The van der Waals surface area contributed by atoms with E-state index in [1.165, 1.54) is 12.5 Å². The van der Waals surface area contributed by atoms with Crippen molar-refractivity contribution in [3.8, 4) is 5.75 Å². The number of amides is 1. The zero-order valence-corrected chi connectivity index (χ0v) is 16.0. The van der Waals surface area contributed by atoms with Crippen LogP contribution >= 0.6 is 0 Å². The van der Waals surface area contributed by atoms with Crippen molar-refractivity contribution >= 4 is 21.7 Å². The normalized spacial score (nSPS) is 19.8. The largest absolute Gasteiger partial charge is 0.482 e. The molecule has 0 radical (unpaired) electrons. The van der Waals surface area contributed by atoms with Crippen LogP contribution in [0.1, 0.15) is 38.7 Å². The monoisotopic (exact) mass is 383 g/mol. The lowest BCUT2D eigenvalue weighted by Gasteiger charge is -2.16. The summed E-state index contributed by atoms with van der Waals surface area (Å²) in [6.45, 7) is 5.30. The van der Waals surface area contributed by atoms with Gasteiger partial charge in [0.05, 0.1) is 11.5 Å². The molecule has 2 atom stereocenters. The lowest BCUT2D eigenvalue weighted by molar-refractivity contribution is -0.156. The maximum Gasteiger partial charge on any atom is 0.344 e. The van der Waals surface area contributed by atoms with Gasteiger partial charge in [-0.25, -0.2) is 13.2 Å². The van der Waals surface area contributed by atoms with Crippen molar-refractivity contribution in [3.05, 3.63) is 29.8 Å². The Hall–Kier alpha value is -2.09. The van der Waals surface area contributed by atoms with E-state index in [4.69, 9.17) is 9.47 Å². The van der Waals surface area contributed by atoms with Crippen LogP contribution in [0.25, 0.3) is 0 Å². The molecule has 0 bridgehead atoms. The standard InChI is InChI=1S/C18H25NO6S/c1-12(2)14-4-6-16(7-5-14)24-10-17(20)25-13(3)18(21)19-15-8-9-26(22,23)11-15/h4-7,12-13,15H,8-11H2,1-3H3,(H,19,21)/t13-,15+/m0/s1. The fraction of sp³-hybridized carbons (Fsp3) is 0.556. The Balaban J connectivity index is 1.75. The van der Waals surface area contributed by atoms with Crippen molar-refractivity contribution in [3.63, 3.8) is 0 Å². The maximum absolute atomic E-state index is 12.0. The molecule has 1 heterocycles. The SMILES string of the molecule is CC(C)c1ccc(OCC(=O)O[C@@H](C)C(=O)N[C@@H]2CCS(=O)(=O)C2)cc1. The molecule has 8 heteroatoms. The summed E-state index contributed by atoms with van der Waals surface area (Å²) >= 11 is 0. The Morgan fingerprint density at radius 2 is 1.85 bits per heavy atom. The van der Waals surface area contributed by atoms with Crippen molar-refractivity contribution < 1.29 is 27.5 Å². The molecule has 1 aliphatic rings.